The molecule has 0 radical (unpaired) electrons. The van der Waals surface area contributed by atoms with Crippen LogP contribution in [0.5, 0.6) is 0 Å². The number of hydrogen-bond acceptors (Lipinski definition) is 3. The predicted molar refractivity (Wildman–Crippen MR) is 41.4 cm³/mol. The highest BCUT2D eigenvalue weighted by molar-refractivity contribution is 5.31. The molecule has 0 saturated heterocycles. The lowest BCUT2D eigenvalue weighted by Gasteiger charge is -2.00. The Morgan fingerprint density at radius 1 is 1.73 bits per heavy atom. The molecule has 0 aliphatic carbocycles. The number of rotatable bonds is 2. The summed E-state index contributed by atoms with van der Waals surface area (Å²) in [6, 6.07) is 1.37. The van der Waals surface area contributed by atoms with Gasteiger partial charge >= 0.3 is 0 Å². The molecule has 60 valence electrons. The van der Waals surface area contributed by atoms with Crippen LogP contribution in [-0.4, -0.2) is 12.0 Å². The predicted octanol–water partition coefficient (Wildman–Crippen LogP) is 0.522. The maximum absolute atomic E-state index is 12.7. The molecule has 0 aliphatic heterocycles. The molecule has 4 heteroatoms. The van der Waals surface area contributed by atoms with Crippen molar-refractivity contribution in [2.75, 3.05) is 12.8 Å². The van der Waals surface area contributed by atoms with E-state index in [1.165, 1.54) is 6.07 Å². The largest absolute Gasteiger partial charge is 0.381 e. The number of nitrogens with zero attached hydrogens (tertiary/aromatic N) is 1. The van der Waals surface area contributed by atoms with E-state index in [2.05, 4.69) is 10.3 Å². The van der Waals surface area contributed by atoms with Crippen LogP contribution in [0.1, 0.15) is 5.56 Å². The minimum atomic E-state index is -0.460. The summed E-state index contributed by atoms with van der Waals surface area (Å²) in [5, 5.41) is 2.88. The molecule has 1 aromatic heterocycles. The number of nitrogens with two attached hydrogens (primary N) is 1. The Bertz CT molecular complexity index is 249. The second-order valence-corrected chi connectivity index (χ2v) is 2.24. The summed E-state index contributed by atoms with van der Waals surface area (Å²) in [4.78, 5) is 3.66. The molecule has 1 rings (SSSR count). The topological polar surface area (TPSA) is 50.9 Å². The maximum Gasteiger partial charge on any atom is 0.165 e. The zero-order valence-corrected chi connectivity index (χ0v) is 6.26. The van der Waals surface area contributed by atoms with Crippen LogP contribution in [0.15, 0.2) is 12.3 Å². The van der Waals surface area contributed by atoms with Crippen molar-refractivity contribution in [2.24, 2.45) is 0 Å². The third kappa shape index (κ3) is 1.88. The Labute approximate surface area is 64.4 Å². The van der Waals surface area contributed by atoms with Crippen LogP contribution in [0.2, 0.25) is 0 Å². The van der Waals surface area contributed by atoms with Gasteiger partial charge in [0.25, 0.3) is 0 Å². The summed E-state index contributed by atoms with van der Waals surface area (Å²) in [6.45, 7) is 0.601. The zero-order chi connectivity index (χ0) is 8.27. The lowest BCUT2D eigenvalue weighted by molar-refractivity contribution is 0.622. The number of halogens is 1. The van der Waals surface area contributed by atoms with Crippen molar-refractivity contribution in [3.63, 3.8) is 0 Å². The molecule has 0 atom stereocenters. The summed E-state index contributed by atoms with van der Waals surface area (Å²) in [6.07, 6.45) is 1.55. The van der Waals surface area contributed by atoms with E-state index < -0.39 is 5.82 Å². The first-order valence-electron chi connectivity index (χ1n) is 3.28. The van der Waals surface area contributed by atoms with Gasteiger partial charge in [-0.05, 0) is 18.7 Å². The van der Waals surface area contributed by atoms with Crippen molar-refractivity contribution >= 4 is 5.82 Å². The minimum absolute atomic E-state index is 0.0511. The van der Waals surface area contributed by atoms with E-state index in [0.29, 0.717) is 6.54 Å². The number of anilines is 1. The van der Waals surface area contributed by atoms with Crippen molar-refractivity contribution in [3.05, 3.63) is 23.6 Å². The van der Waals surface area contributed by atoms with E-state index in [0.717, 1.165) is 5.56 Å². The first-order chi connectivity index (χ1) is 5.24. The molecule has 0 amide bonds. The van der Waals surface area contributed by atoms with Gasteiger partial charge < -0.3 is 11.1 Å². The van der Waals surface area contributed by atoms with E-state index in [1.54, 1.807) is 13.2 Å². The van der Waals surface area contributed by atoms with Gasteiger partial charge in [-0.3, -0.25) is 0 Å². The number of pyridine rings is 1. The average molecular weight is 155 g/mol. The number of nitrogens with one attached hydrogen (secondary N) is 1. The monoisotopic (exact) mass is 155 g/mol. The number of aromatic nitrogens is 1. The fourth-order valence-corrected chi connectivity index (χ4v) is 0.789. The Balaban J connectivity index is 2.86. The molecule has 0 unspecified atom stereocenters. The molecular weight excluding hydrogens is 145 g/mol. The van der Waals surface area contributed by atoms with Crippen LogP contribution >= 0.6 is 0 Å². The Morgan fingerprint density at radius 2 is 2.45 bits per heavy atom. The molecule has 0 aromatic carbocycles. The molecule has 1 heterocycles. The van der Waals surface area contributed by atoms with Gasteiger partial charge in [0.2, 0.25) is 0 Å². The Kier molecular flexibility index (Phi) is 2.38. The van der Waals surface area contributed by atoms with Gasteiger partial charge in [0.05, 0.1) is 0 Å². The van der Waals surface area contributed by atoms with Gasteiger partial charge in [0.15, 0.2) is 11.6 Å². The highest BCUT2D eigenvalue weighted by atomic mass is 19.1. The summed E-state index contributed by atoms with van der Waals surface area (Å²) in [7, 11) is 1.79. The van der Waals surface area contributed by atoms with Crippen molar-refractivity contribution < 1.29 is 4.39 Å². The van der Waals surface area contributed by atoms with Gasteiger partial charge in [0.1, 0.15) is 0 Å². The van der Waals surface area contributed by atoms with Gasteiger partial charge in [-0.25, -0.2) is 9.37 Å². The molecule has 3 nitrogen and oxygen atoms in total. The van der Waals surface area contributed by atoms with Crippen molar-refractivity contribution in [1.82, 2.24) is 10.3 Å². The molecule has 0 aliphatic rings. The Morgan fingerprint density at radius 3 is 3.00 bits per heavy atom. The summed E-state index contributed by atoms with van der Waals surface area (Å²) in [5.41, 5.74) is 5.97. The average Bonchev–Trinajstić information content (AvgIpc) is 1.98. The zero-order valence-electron chi connectivity index (χ0n) is 6.26. The van der Waals surface area contributed by atoms with E-state index >= 15 is 0 Å². The SMILES string of the molecule is CNCc1cnc(N)c(F)c1. The molecule has 0 bridgehead atoms. The van der Waals surface area contributed by atoms with Crippen LogP contribution in [-0.2, 0) is 6.54 Å². The molecule has 3 N–H and O–H groups in total. The summed E-state index contributed by atoms with van der Waals surface area (Å²) < 4.78 is 12.7. The quantitative estimate of drug-likeness (QED) is 0.654. The highest BCUT2D eigenvalue weighted by Crippen LogP contribution is 2.07. The third-order valence-corrected chi connectivity index (χ3v) is 1.31. The van der Waals surface area contributed by atoms with Crippen LogP contribution in [0, 0.1) is 5.82 Å². The fourth-order valence-electron chi connectivity index (χ4n) is 0.789. The molecule has 0 fully saturated rings. The smallest absolute Gasteiger partial charge is 0.165 e. The minimum Gasteiger partial charge on any atom is -0.381 e. The standard InChI is InChI=1S/C7H10FN3/c1-10-3-5-2-6(8)7(9)11-4-5/h2,4,10H,3H2,1H3,(H2,9,11). The normalized spacial score (nSPS) is 10.0. The summed E-state index contributed by atoms with van der Waals surface area (Å²) in [5.74, 6) is -0.511. The summed E-state index contributed by atoms with van der Waals surface area (Å²) >= 11 is 0. The van der Waals surface area contributed by atoms with Crippen molar-refractivity contribution in [2.45, 2.75) is 6.54 Å². The molecule has 0 saturated carbocycles. The molecular formula is C7H10FN3. The van der Waals surface area contributed by atoms with Crippen LogP contribution in [0.3, 0.4) is 0 Å². The molecule has 11 heavy (non-hydrogen) atoms. The third-order valence-electron chi connectivity index (χ3n) is 1.31. The number of nitrogen functional groups attached to an aromatic ring is 1. The van der Waals surface area contributed by atoms with Crippen LogP contribution in [0.25, 0.3) is 0 Å². The Hall–Kier alpha value is -1.16. The van der Waals surface area contributed by atoms with Crippen molar-refractivity contribution in [3.8, 4) is 0 Å². The fraction of sp³-hybridized carbons (Fsp3) is 0.286. The van der Waals surface area contributed by atoms with Gasteiger partial charge in [-0.2, -0.15) is 0 Å². The van der Waals surface area contributed by atoms with E-state index in [4.69, 9.17) is 5.73 Å². The lowest BCUT2D eigenvalue weighted by Crippen LogP contribution is -2.06. The van der Waals surface area contributed by atoms with Gasteiger partial charge in [-0.15, -0.1) is 0 Å². The van der Waals surface area contributed by atoms with E-state index in [9.17, 15) is 4.39 Å². The lowest BCUT2D eigenvalue weighted by atomic mass is 10.3. The van der Waals surface area contributed by atoms with Gasteiger partial charge in [-0.1, -0.05) is 0 Å². The highest BCUT2D eigenvalue weighted by Gasteiger charge is 1.99. The molecule has 1 aromatic rings. The maximum atomic E-state index is 12.7. The van der Waals surface area contributed by atoms with E-state index in [-0.39, 0.29) is 5.82 Å². The first-order valence-corrected chi connectivity index (χ1v) is 3.28. The number of hydrogen-bond donors (Lipinski definition) is 2. The second-order valence-electron chi connectivity index (χ2n) is 2.24. The second kappa shape index (κ2) is 3.30. The van der Waals surface area contributed by atoms with Crippen molar-refractivity contribution in [1.29, 1.82) is 0 Å². The van der Waals surface area contributed by atoms with Crippen LogP contribution in [0.4, 0.5) is 10.2 Å². The van der Waals surface area contributed by atoms with E-state index in [1.807, 2.05) is 0 Å². The van der Waals surface area contributed by atoms with Gasteiger partial charge in [0, 0.05) is 12.7 Å². The first kappa shape index (κ1) is 7.94. The molecule has 0 spiro atoms. The van der Waals surface area contributed by atoms with Crippen LogP contribution < -0.4 is 11.1 Å².